The van der Waals surface area contributed by atoms with Crippen LogP contribution in [0.5, 0.6) is 0 Å². The molecule has 0 saturated carbocycles. The number of rotatable bonds is 5. The summed E-state index contributed by atoms with van der Waals surface area (Å²) in [5.74, 6) is -0.220. The van der Waals surface area contributed by atoms with Crippen LogP contribution in [0.4, 0.5) is 24.5 Å². The first-order chi connectivity index (χ1) is 15.2. The molecule has 3 heterocycles. The van der Waals surface area contributed by atoms with Gasteiger partial charge in [-0.2, -0.15) is 18.3 Å². The molecule has 168 valence electrons. The summed E-state index contributed by atoms with van der Waals surface area (Å²) in [4.78, 5) is 19.3. The zero-order valence-corrected chi connectivity index (χ0v) is 18.1. The number of alkyl halides is 3. The Morgan fingerprint density at radius 1 is 1.19 bits per heavy atom. The van der Waals surface area contributed by atoms with Gasteiger partial charge in [0.2, 0.25) is 0 Å². The fourth-order valence-corrected chi connectivity index (χ4v) is 4.00. The Bertz CT molecular complexity index is 1140. The third-order valence-corrected chi connectivity index (χ3v) is 5.61. The second-order valence-electron chi connectivity index (χ2n) is 8.04. The predicted molar refractivity (Wildman–Crippen MR) is 116 cm³/mol. The number of fused-ring (bicyclic) bond motifs is 1. The van der Waals surface area contributed by atoms with Gasteiger partial charge >= 0.3 is 6.18 Å². The molecular formula is C23H24F3N5O. The smallest absolute Gasteiger partial charge is 0.371 e. The maximum absolute atomic E-state index is 13.1. The summed E-state index contributed by atoms with van der Waals surface area (Å²) in [5.41, 5.74) is 3.16. The minimum Gasteiger partial charge on any atom is -0.371 e. The number of amides is 1. The number of nitrogens with one attached hydrogen (secondary N) is 1. The normalized spacial score (nSPS) is 13.5. The summed E-state index contributed by atoms with van der Waals surface area (Å²) < 4.78 is 40.0. The first-order valence-corrected chi connectivity index (χ1v) is 10.5. The third-order valence-electron chi connectivity index (χ3n) is 5.61. The van der Waals surface area contributed by atoms with E-state index in [2.05, 4.69) is 27.2 Å². The van der Waals surface area contributed by atoms with Gasteiger partial charge in [0.25, 0.3) is 5.91 Å². The molecule has 1 amide bonds. The van der Waals surface area contributed by atoms with Gasteiger partial charge in [-0.25, -0.2) is 9.67 Å². The number of hydrogen-bond donors (Lipinski definition) is 1. The van der Waals surface area contributed by atoms with Crippen molar-refractivity contribution < 1.29 is 18.0 Å². The summed E-state index contributed by atoms with van der Waals surface area (Å²) in [6.45, 7) is 7.74. The zero-order chi connectivity index (χ0) is 23.0. The largest absolute Gasteiger partial charge is 0.417 e. The number of hydrogen-bond acceptors (Lipinski definition) is 4. The number of carbonyl (C=O) groups excluding carboxylic acids is 1. The average Bonchev–Trinajstić information content (AvgIpc) is 3.37. The number of benzene rings is 1. The fourth-order valence-electron chi connectivity index (χ4n) is 4.00. The molecule has 0 bridgehead atoms. The molecule has 4 rings (SSSR count). The van der Waals surface area contributed by atoms with Crippen LogP contribution in [-0.2, 0) is 12.6 Å². The molecular weight excluding hydrogens is 419 g/mol. The standard InChI is InChI=1S/C23H24F3N5O/c1-4-30-10-9-15-5-7-17(11-19(15)30)29-22(32)18-13-28-31(21(18)14(2)3)20-8-6-16(12-27-20)23(24,25)26/h5-8,11-14H,4,9-10H2,1-3H3,(H,29,32). The number of anilines is 2. The Labute approximate surface area is 184 Å². The Balaban J connectivity index is 1.62. The van der Waals surface area contributed by atoms with Crippen molar-refractivity contribution in [1.82, 2.24) is 14.8 Å². The predicted octanol–water partition coefficient (Wildman–Crippen LogP) is 5.04. The highest BCUT2D eigenvalue weighted by molar-refractivity contribution is 6.05. The quantitative estimate of drug-likeness (QED) is 0.600. The lowest BCUT2D eigenvalue weighted by Gasteiger charge is -2.17. The second kappa shape index (κ2) is 8.29. The van der Waals surface area contributed by atoms with E-state index in [9.17, 15) is 18.0 Å². The van der Waals surface area contributed by atoms with E-state index in [1.807, 2.05) is 32.0 Å². The monoisotopic (exact) mass is 443 g/mol. The van der Waals surface area contributed by atoms with E-state index >= 15 is 0 Å². The molecule has 0 atom stereocenters. The number of halogens is 3. The van der Waals surface area contributed by atoms with E-state index in [0.717, 1.165) is 37.5 Å². The van der Waals surface area contributed by atoms with Crippen molar-refractivity contribution >= 4 is 17.3 Å². The maximum Gasteiger partial charge on any atom is 0.417 e. The first-order valence-electron chi connectivity index (χ1n) is 10.5. The molecule has 1 aliphatic rings. The lowest BCUT2D eigenvalue weighted by molar-refractivity contribution is -0.137. The van der Waals surface area contributed by atoms with Gasteiger partial charge in [-0.3, -0.25) is 4.79 Å². The highest BCUT2D eigenvalue weighted by atomic mass is 19.4. The molecule has 0 aliphatic carbocycles. The van der Waals surface area contributed by atoms with Gasteiger partial charge in [0.05, 0.1) is 23.0 Å². The van der Waals surface area contributed by atoms with Crippen molar-refractivity contribution in [1.29, 1.82) is 0 Å². The molecule has 6 nitrogen and oxygen atoms in total. The summed E-state index contributed by atoms with van der Waals surface area (Å²) in [5, 5.41) is 7.18. The van der Waals surface area contributed by atoms with Crippen molar-refractivity contribution in [3.8, 4) is 5.82 Å². The molecule has 0 radical (unpaired) electrons. The van der Waals surface area contributed by atoms with Gasteiger partial charge in [-0.15, -0.1) is 0 Å². The second-order valence-corrected chi connectivity index (χ2v) is 8.04. The number of pyridine rings is 1. The molecule has 1 aromatic carbocycles. The third kappa shape index (κ3) is 4.06. The lowest BCUT2D eigenvalue weighted by Crippen LogP contribution is -2.19. The first kappa shape index (κ1) is 21.9. The zero-order valence-electron chi connectivity index (χ0n) is 18.1. The van der Waals surface area contributed by atoms with E-state index in [4.69, 9.17) is 0 Å². The molecule has 1 N–H and O–H groups in total. The summed E-state index contributed by atoms with van der Waals surface area (Å²) in [7, 11) is 0. The van der Waals surface area contributed by atoms with Crippen LogP contribution in [0.25, 0.3) is 5.82 Å². The van der Waals surface area contributed by atoms with Crippen LogP contribution in [0, 0.1) is 0 Å². The Morgan fingerprint density at radius 2 is 1.97 bits per heavy atom. The molecule has 0 saturated heterocycles. The summed E-state index contributed by atoms with van der Waals surface area (Å²) >= 11 is 0. The lowest BCUT2D eigenvalue weighted by atomic mass is 10.0. The number of likely N-dealkylation sites (N-methyl/N-ethyl adjacent to an activating group) is 1. The van der Waals surface area contributed by atoms with Crippen LogP contribution in [0.2, 0.25) is 0 Å². The molecule has 0 unspecified atom stereocenters. The van der Waals surface area contributed by atoms with E-state index in [-0.39, 0.29) is 17.6 Å². The minimum atomic E-state index is -4.47. The van der Waals surface area contributed by atoms with E-state index < -0.39 is 11.7 Å². The van der Waals surface area contributed by atoms with Gasteiger partial charge < -0.3 is 10.2 Å². The molecule has 1 aliphatic heterocycles. The molecule has 0 spiro atoms. The van der Waals surface area contributed by atoms with Gasteiger partial charge in [0.1, 0.15) is 0 Å². The fraction of sp³-hybridized carbons (Fsp3) is 0.348. The number of aromatic nitrogens is 3. The summed E-state index contributed by atoms with van der Waals surface area (Å²) in [6, 6.07) is 8.09. The van der Waals surface area contributed by atoms with E-state index in [1.54, 1.807) is 0 Å². The van der Waals surface area contributed by atoms with Crippen LogP contribution in [0.1, 0.15) is 53.9 Å². The van der Waals surface area contributed by atoms with Crippen molar-refractivity contribution in [2.45, 2.75) is 39.3 Å². The van der Waals surface area contributed by atoms with Crippen molar-refractivity contribution in [2.75, 3.05) is 23.3 Å². The highest BCUT2D eigenvalue weighted by Crippen LogP contribution is 2.32. The molecule has 2 aromatic heterocycles. The molecule has 0 fully saturated rings. The average molecular weight is 443 g/mol. The van der Waals surface area contributed by atoms with Crippen molar-refractivity contribution in [3.63, 3.8) is 0 Å². The highest BCUT2D eigenvalue weighted by Gasteiger charge is 2.31. The number of nitrogens with zero attached hydrogens (tertiary/aromatic N) is 4. The van der Waals surface area contributed by atoms with Crippen LogP contribution in [-0.4, -0.2) is 33.8 Å². The Hall–Kier alpha value is -3.36. The Morgan fingerprint density at radius 3 is 2.59 bits per heavy atom. The summed E-state index contributed by atoms with van der Waals surface area (Å²) in [6.07, 6.45) is -1.28. The van der Waals surface area contributed by atoms with Crippen LogP contribution < -0.4 is 10.2 Å². The SMILES string of the molecule is CCN1CCc2ccc(NC(=O)c3cnn(-c4ccc(C(F)(F)F)cn4)c3C(C)C)cc21. The topological polar surface area (TPSA) is 63.1 Å². The van der Waals surface area contributed by atoms with Crippen LogP contribution >= 0.6 is 0 Å². The van der Waals surface area contributed by atoms with Crippen LogP contribution in [0.15, 0.2) is 42.7 Å². The minimum absolute atomic E-state index is 0.113. The van der Waals surface area contributed by atoms with Crippen LogP contribution in [0.3, 0.4) is 0 Å². The van der Waals surface area contributed by atoms with Gasteiger partial charge in [-0.1, -0.05) is 19.9 Å². The molecule has 3 aromatic rings. The van der Waals surface area contributed by atoms with Gasteiger partial charge in [0, 0.05) is 30.7 Å². The van der Waals surface area contributed by atoms with Gasteiger partial charge in [-0.05, 0) is 49.1 Å². The Kier molecular flexibility index (Phi) is 5.66. The van der Waals surface area contributed by atoms with E-state index in [1.165, 1.54) is 22.5 Å². The van der Waals surface area contributed by atoms with Gasteiger partial charge in [0.15, 0.2) is 5.82 Å². The number of carbonyl (C=O) groups is 1. The molecule has 9 heteroatoms. The maximum atomic E-state index is 13.1. The van der Waals surface area contributed by atoms with Crippen molar-refractivity contribution in [2.24, 2.45) is 0 Å². The van der Waals surface area contributed by atoms with E-state index in [0.29, 0.717) is 16.9 Å². The van der Waals surface area contributed by atoms with Crippen molar-refractivity contribution in [3.05, 3.63) is 65.1 Å². The molecule has 32 heavy (non-hydrogen) atoms.